The molecule has 0 amide bonds. The van der Waals surface area contributed by atoms with E-state index in [-0.39, 0.29) is 0 Å². The van der Waals surface area contributed by atoms with E-state index in [9.17, 15) is 0 Å². The summed E-state index contributed by atoms with van der Waals surface area (Å²) < 4.78 is 5.44. The topological polar surface area (TPSA) is 53.5 Å². The van der Waals surface area contributed by atoms with Gasteiger partial charge in [-0.2, -0.15) is 0 Å². The lowest BCUT2D eigenvalue weighted by atomic mass is 9.57. The molecule has 27 heavy (non-hydrogen) atoms. The fraction of sp³-hybridized carbons (Fsp3) is 0.524. The summed E-state index contributed by atoms with van der Waals surface area (Å²) in [7, 11) is 0. The molecule has 0 unspecified atom stereocenters. The van der Waals surface area contributed by atoms with E-state index in [1.54, 1.807) is 6.33 Å². The largest absolute Gasteiger partial charge is 0.385 e. The van der Waals surface area contributed by atoms with Crippen molar-refractivity contribution in [1.29, 1.82) is 0 Å². The molecule has 3 fully saturated rings. The summed E-state index contributed by atoms with van der Waals surface area (Å²) in [5.74, 6) is 2.90. The van der Waals surface area contributed by atoms with Gasteiger partial charge in [-0.25, -0.2) is 9.97 Å². The summed E-state index contributed by atoms with van der Waals surface area (Å²) in [5, 5.41) is 3.57. The molecule has 1 spiro atoms. The van der Waals surface area contributed by atoms with Crippen LogP contribution in [0.4, 0.5) is 17.3 Å². The zero-order valence-electron chi connectivity index (χ0n) is 15.7. The molecule has 2 saturated heterocycles. The Morgan fingerprint density at radius 3 is 2.44 bits per heavy atom. The van der Waals surface area contributed by atoms with E-state index >= 15 is 0 Å². The van der Waals surface area contributed by atoms with Crippen LogP contribution in [-0.4, -0.2) is 55.9 Å². The van der Waals surface area contributed by atoms with E-state index in [4.69, 9.17) is 4.74 Å². The first-order valence-corrected chi connectivity index (χ1v) is 9.98. The normalized spacial score (nSPS) is 21.6. The van der Waals surface area contributed by atoms with E-state index in [0.717, 1.165) is 63.5 Å². The second-order valence-corrected chi connectivity index (χ2v) is 8.21. The van der Waals surface area contributed by atoms with Gasteiger partial charge in [-0.3, -0.25) is 0 Å². The lowest BCUT2D eigenvalue weighted by Gasteiger charge is -2.59. The highest BCUT2D eigenvalue weighted by Gasteiger charge is 2.52. The molecule has 0 atom stereocenters. The number of benzene rings is 1. The smallest absolute Gasteiger partial charge is 0.134 e. The van der Waals surface area contributed by atoms with Crippen molar-refractivity contribution in [3.63, 3.8) is 0 Å². The number of ether oxygens (including phenoxy) is 1. The number of aromatic nitrogens is 2. The third kappa shape index (κ3) is 3.46. The number of hydrogen-bond acceptors (Lipinski definition) is 6. The maximum atomic E-state index is 5.44. The maximum Gasteiger partial charge on any atom is 0.134 e. The standard InChI is InChI=1S/C21H27N5O/c1-2-4-18(5-3-1)22-13-17-11-21(12-17)14-26(15-21)20-10-19(23-16-24-20)25-6-8-27-9-7-25/h1-5,10,16-17,22H,6-9,11-15H2. The van der Waals surface area contributed by atoms with E-state index < -0.39 is 0 Å². The zero-order valence-corrected chi connectivity index (χ0v) is 15.7. The van der Waals surface area contributed by atoms with Crippen molar-refractivity contribution >= 4 is 17.3 Å². The molecule has 1 aliphatic carbocycles. The second-order valence-electron chi connectivity index (χ2n) is 8.21. The fourth-order valence-corrected chi connectivity index (χ4v) is 4.79. The Balaban J connectivity index is 1.12. The lowest BCUT2D eigenvalue weighted by Crippen LogP contribution is -2.63. The van der Waals surface area contributed by atoms with Gasteiger partial charge in [-0.05, 0) is 30.9 Å². The van der Waals surface area contributed by atoms with Gasteiger partial charge in [0.1, 0.15) is 18.0 Å². The van der Waals surface area contributed by atoms with Gasteiger partial charge in [0.2, 0.25) is 0 Å². The SMILES string of the molecule is c1ccc(NCC2CC3(C2)CN(c2cc(N4CCOCC4)ncn2)C3)cc1. The average molecular weight is 365 g/mol. The van der Waals surface area contributed by atoms with Crippen molar-refractivity contribution in [2.75, 3.05) is 61.1 Å². The molecule has 2 aliphatic heterocycles. The highest BCUT2D eigenvalue weighted by molar-refractivity contribution is 5.53. The van der Waals surface area contributed by atoms with Crippen LogP contribution in [0.25, 0.3) is 0 Å². The van der Waals surface area contributed by atoms with Gasteiger partial charge in [-0.15, -0.1) is 0 Å². The van der Waals surface area contributed by atoms with Crippen LogP contribution in [0.2, 0.25) is 0 Å². The molecule has 0 bridgehead atoms. The number of hydrogen-bond donors (Lipinski definition) is 1. The molecular formula is C21H27N5O. The Morgan fingerprint density at radius 1 is 1.00 bits per heavy atom. The Labute approximate surface area is 160 Å². The molecule has 1 N–H and O–H groups in total. The first-order chi connectivity index (χ1) is 13.3. The minimum Gasteiger partial charge on any atom is -0.385 e. The highest BCUT2D eigenvalue weighted by Crippen LogP contribution is 2.52. The highest BCUT2D eigenvalue weighted by atomic mass is 16.5. The Hall–Kier alpha value is -2.34. The number of para-hydroxylation sites is 1. The Bertz CT molecular complexity index is 763. The minimum absolute atomic E-state index is 0.521. The van der Waals surface area contributed by atoms with Gasteiger partial charge in [0.25, 0.3) is 0 Å². The summed E-state index contributed by atoms with van der Waals surface area (Å²) in [6.07, 6.45) is 4.36. The molecule has 1 saturated carbocycles. The molecule has 1 aromatic heterocycles. The fourth-order valence-electron chi connectivity index (χ4n) is 4.79. The summed E-state index contributed by atoms with van der Waals surface area (Å²) in [6.45, 7) is 6.74. The van der Waals surface area contributed by atoms with Crippen LogP contribution in [0.15, 0.2) is 42.7 Å². The summed E-state index contributed by atoms with van der Waals surface area (Å²) in [4.78, 5) is 13.7. The van der Waals surface area contributed by atoms with Gasteiger partial charge < -0.3 is 19.9 Å². The molecule has 6 nitrogen and oxygen atoms in total. The molecule has 2 aromatic rings. The third-order valence-electron chi connectivity index (χ3n) is 6.16. The lowest BCUT2D eigenvalue weighted by molar-refractivity contribution is 0.0301. The van der Waals surface area contributed by atoms with Crippen LogP contribution < -0.4 is 15.1 Å². The molecule has 6 heteroatoms. The van der Waals surface area contributed by atoms with Gasteiger partial charge in [-0.1, -0.05) is 18.2 Å². The molecule has 142 valence electrons. The van der Waals surface area contributed by atoms with Crippen molar-refractivity contribution in [3.8, 4) is 0 Å². The van der Waals surface area contributed by atoms with Crippen molar-refractivity contribution in [1.82, 2.24) is 9.97 Å². The van der Waals surface area contributed by atoms with Gasteiger partial charge >= 0.3 is 0 Å². The summed E-state index contributed by atoms with van der Waals surface area (Å²) in [6, 6.07) is 12.7. The molecular weight excluding hydrogens is 338 g/mol. The molecule has 3 heterocycles. The van der Waals surface area contributed by atoms with E-state index in [0.29, 0.717) is 5.41 Å². The number of anilines is 3. The van der Waals surface area contributed by atoms with Crippen LogP contribution in [0.3, 0.4) is 0 Å². The first kappa shape index (κ1) is 16.8. The van der Waals surface area contributed by atoms with Crippen molar-refractivity contribution in [2.24, 2.45) is 11.3 Å². The molecule has 0 radical (unpaired) electrons. The van der Waals surface area contributed by atoms with E-state index in [2.05, 4.69) is 61.5 Å². The van der Waals surface area contributed by atoms with Gasteiger partial charge in [0, 0.05) is 49.9 Å². The van der Waals surface area contributed by atoms with Crippen LogP contribution in [-0.2, 0) is 4.74 Å². The predicted octanol–water partition coefficient (Wildman–Crippen LogP) is 2.64. The Kier molecular flexibility index (Phi) is 4.36. The van der Waals surface area contributed by atoms with Crippen LogP contribution >= 0.6 is 0 Å². The number of rotatable bonds is 5. The second kappa shape index (κ2) is 7.00. The first-order valence-electron chi connectivity index (χ1n) is 9.98. The Morgan fingerprint density at radius 2 is 1.70 bits per heavy atom. The zero-order chi connectivity index (χ0) is 18.1. The van der Waals surface area contributed by atoms with Crippen LogP contribution in [0.5, 0.6) is 0 Å². The number of nitrogens with one attached hydrogen (secondary N) is 1. The maximum absolute atomic E-state index is 5.44. The van der Waals surface area contributed by atoms with Crippen molar-refractivity contribution in [2.45, 2.75) is 12.8 Å². The number of morpholine rings is 1. The molecule has 3 aliphatic rings. The molecule has 5 rings (SSSR count). The molecule has 1 aromatic carbocycles. The van der Waals surface area contributed by atoms with Crippen molar-refractivity contribution < 1.29 is 4.74 Å². The summed E-state index contributed by atoms with van der Waals surface area (Å²) >= 11 is 0. The van der Waals surface area contributed by atoms with Crippen molar-refractivity contribution in [3.05, 3.63) is 42.7 Å². The van der Waals surface area contributed by atoms with E-state index in [1.165, 1.54) is 18.5 Å². The van der Waals surface area contributed by atoms with Gasteiger partial charge in [0.05, 0.1) is 13.2 Å². The monoisotopic (exact) mass is 365 g/mol. The predicted molar refractivity (Wildman–Crippen MR) is 107 cm³/mol. The number of nitrogens with zero attached hydrogens (tertiary/aromatic N) is 4. The quantitative estimate of drug-likeness (QED) is 0.879. The van der Waals surface area contributed by atoms with Gasteiger partial charge in [0.15, 0.2) is 0 Å². The average Bonchev–Trinajstić information content (AvgIpc) is 2.67. The summed E-state index contributed by atoms with van der Waals surface area (Å²) in [5.41, 5.74) is 1.75. The minimum atomic E-state index is 0.521. The third-order valence-corrected chi connectivity index (χ3v) is 6.16. The van der Waals surface area contributed by atoms with Crippen LogP contribution in [0, 0.1) is 11.3 Å². The van der Waals surface area contributed by atoms with E-state index in [1.807, 2.05) is 0 Å². The van der Waals surface area contributed by atoms with Crippen LogP contribution in [0.1, 0.15) is 12.8 Å².